The van der Waals surface area contributed by atoms with E-state index in [-0.39, 0.29) is 11.6 Å². The first kappa shape index (κ1) is 20.7. The van der Waals surface area contributed by atoms with Gasteiger partial charge >= 0.3 is 18.2 Å². The third-order valence-electron chi connectivity index (χ3n) is 3.53. The van der Waals surface area contributed by atoms with Crippen LogP contribution >= 0.6 is 11.3 Å². The Balaban J connectivity index is 0.000000321. The maximum atomic E-state index is 12.0. The molecule has 0 unspecified atom stereocenters. The van der Waals surface area contributed by atoms with Gasteiger partial charge in [-0.3, -0.25) is 5.32 Å². The molecule has 0 radical (unpaired) electrons. The van der Waals surface area contributed by atoms with Gasteiger partial charge in [0.15, 0.2) is 0 Å². The number of carboxylic acids is 1. The summed E-state index contributed by atoms with van der Waals surface area (Å²) in [5.41, 5.74) is -0.150. The van der Waals surface area contributed by atoms with Gasteiger partial charge in [-0.25, -0.2) is 14.3 Å². The molecule has 1 aliphatic heterocycles. The van der Waals surface area contributed by atoms with E-state index in [1.165, 1.54) is 4.88 Å². The molecule has 3 heterocycles. The third-order valence-corrected chi connectivity index (χ3v) is 4.39. The molecule has 0 bridgehead atoms. The number of anilines is 1. The van der Waals surface area contributed by atoms with Crippen LogP contribution < -0.4 is 16.0 Å². The number of nitrogens with zero attached hydrogens (tertiary/aromatic N) is 2. The van der Waals surface area contributed by atoms with Gasteiger partial charge in [0.1, 0.15) is 5.82 Å². The van der Waals surface area contributed by atoms with Gasteiger partial charge < -0.3 is 15.7 Å². The molecule has 0 spiro atoms. The van der Waals surface area contributed by atoms with Gasteiger partial charge in [0.2, 0.25) is 0 Å². The summed E-state index contributed by atoms with van der Waals surface area (Å²) < 4.78 is 33.5. The summed E-state index contributed by atoms with van der Waals surface area (Å²) in [7, 11) is 0. The zero-order valence-corrected chi connectivity index (χ0v) is 15.0. The molecule has 27 heavy (non-hydrogen) atoms. The van der Waals surface area contributed by atoms with Crippen molar-refractivity contribution in [3.63, 3.8) is 0 Å². The third kappa shape index (κ3) is 6.25. The number of urea groups is 1. The average molecular weight is 405 g/mol. The molecule has 2 amide bonds. The first-order chi connectivity index (χ1) is 12.6. The van der Waals surface area contributed by atoms with Crippen LogP contribution in [0.5, 0.6) is 0 Å². The predicted molar refractivity (Wildman–Crippen MR) is 92.8 cm³/mol. The Morgan fingerprint density at radius 2 is 2.07 bits per heavy atom. The standard InChI is InChI=1S/C13H17N5OS.C2HF3O2/c1-13(8-14-9-13)17-12(19)16-11-4-5-15-18(11)7-10-3-2-6-20-10;3-2(4,5)1(6)7/h2-6,14H,7-9H2,1H3,(H2,16,17,19);(H,6,7). The highest BCUT2D eigenvalue weighted by Gasteiger charge is 2.38. The van der Waals surface area contributed by atoms with Gasteiger partial charge in [0, 0.05) is 24.0 Å². The summed E-state index contributed by atoms with van der Waals surface area (Å²) in [4.78, 5) is 22.1. The molecule has 4 N–H and O–H groups in total. The minimum absolute atomic E-state index is 0.150. The van der Waals surface area contributed by atoms with Crippen molar-refractivity contribution in [3.05, 3.63) is 34.7 Å². The summed E-state index contributed by atoms with van der Waals surface area (Å²) in [5.74, 6) is -2.06. The quantitative estimate of drug-likeness (QED) is 0.623. The molecule has 0 aliphatic carbocycles. The second kappa shape index (κ2) is 8.39. The second-order valence-electron chi connectivity index (χ2n) is 6.00. The highest BCUT2D eigenvalue weighted by atomic mass is 32.1. The molecule has 0 aromatic carbocycles. The average Bonchev–Trinajstić information content (AvgIpc) is 3.18. The Labute approximate surface area is 156 Å². The van der Waals surface area contributed by atoms with Gasteiger partial charge in [-0.1, -0.05) is 6.07 Å². The largest absolute Gasteiger partial charge is 0.490 e. The maximum absolute atomic E-state index is 12.0. The van der Waals surface area contributed by atoms with Crippen molar-refractivity contribution in [1.29, 1.82) is 0 Å². The van der Waals surface area contributed by atoms with Crippen LogP contribution in [0.3, 0.4) is 0 Å². The minimum atomic E-state index is -5.08. The number of aliphatic carboxylic acids is 1. The first-order valence-electron chi connectivity index (χ1n) is 7.73. The van der Waals surface area contributed by atoms with Gasteiger partial charge in [-0.2, -0.15) is 18.3 Å². The molecule has 1 fully saturated rings. The lowest BCUT2D eigenvalue weighted by molar-refractivity contribution is -0.192. The Hall–Kier alpha value is -2.60. The van der Waals surface area contributed by atoms with Crippen LogP contribution in [0.4, 0.5) is 23.8 Å². The number of hydrogen-bond donors (Lipinski definition) is 4. The number of amides is 2. The molecule has 2 aromatic rings. The lowest BCUT2D eigenvalue weighted by Gasteiger charge is -2.39. The first-order valence-corrected chi connectivity index (χ1v) is 8.61. The number of alkyl halides is 3. The smallest absolute Gasteiger partial charge is 0.475 e. The molecular formula is C15H18F3N5O3S. The Morgan fingerprint density at radius 3 is 2.56 bits per heavy atom. The number of thiophene rings is 1. The molecular weight excluding hydrogens is 387 g/mol. The topological polar surface area (TPSA) is 108 Å². The molecule has 3 rings (SSSR count). The van der Waals surface area contributed by atoms with Crippen molar-refractivity contribution in [2.24, 2.45) is 0 Å². The van der Waals surface area contributed by atoms with E-state index in [0.717, 1.165) is 13.1 Å². The maximum Gasteiger partial charge on any atom is 0.490 e. The van der Waals surface area contributed by atoms with E-state index in [2.05, 4.69) is 27.1 Å². The summed E-state index contributed by atoms with van der Waals surface area (Å²) in [5, 5.41) is 22.4. The highest BCUT2D eigenvalue weighted by Crippen LogP contribution is 2.15. The monoisotopic (exact) mass is 405 g/mol. The zero-order chi connectivity index (χ0) is 20.1. The summed E-state index contributed by atoms with van der Waals surface area (Å²) in [6.07, 6.45) is -3.39. The molecule has 1 aliphatic rings. The number of nitrogens with one attached hydrogen (secondary N) is 3. The normalized spacial score (nSPS) is 15.1. The van der Waals surface area contributed by atoms with Crippen molar-refractivity contribution >= 4 is 29.2 Å². The lowest BCUT2D eigenvalue weighted by Crippen LogP contribution is -2.67. The summed E-state index contributed by atoms with van der Waals surface area (Å²) in [6.45, 7) is 4.29. The van der Waals surface area contributed by atoms with Crippen LogP contribution in [0.25, 0.3) is 0 Å². The van der Waals surface area contributed by atoms with E-state index in [1.54, 1.807) is 28.3 Å². The van der Waals surface area contributed by atoms with E-state index < -0.39 is 12.1 Å². The molecule has 0 atom stereocenters. The number of carbonyl (C=O) groups excluding carboxylic acids is 1. The second-order valence-corrected chi connectivity index (χ2v) is 7.03. The van der Waals surface area contributed by atoms with Crippen LogP contribution in [-0.4, -0.2) is 51.7 Å². The van der Waals surface area contributed by atoms with Gasteiger partial charge in [-0.05, 0) is 18.4 Å². The van der Waals surface area contributed by atoms with E-state index in [1.807, 2.05) is 18.4 Å². The Kier molecular flexibility index (Phi) is 6.44. The molecule has 148 valence electrons. The van der Waals surface area contributed by atoms with Crippen molar-refractivity contribution in [2.45, 2.75) is 25.2 Å². The van der Waals surface area contributed by atoms with Gasteiger partial charge in [0.05, 0.1) is 18.3 Å². The number of aromatic nitrogens is 2. The Bertz CT molecular complexity index is 772. The van der Waals surface area contributed by atoms with E-state index in [4.69, 9.17) is 9.90 Å². The van der Waals surface area contributed by atoms with E-state index >= 15 is 0 Å². The predicted octanol–water partition coefficient (Wildman–Crippen LogP) is 2.11. The van der Waals surface area contributed by atoms with Gasteiger partial charge in [-0.15, -0.1) is 11.3 Å². The van der Waals surface area contributed by atoms with Crippen LogP contribution in [0.2, 0.25) is 0 Å². The van der Waals surface area contributed by atoms with Crippen molar-refractivity contribution in [2.75, 3.05) is 18.4 Å². The minimum Gasteiger partial charge on any atom is -0.475 e. The fraction of sp³-hybridized carbons (Fsp3) is 0.400. The Morgan fingerprint density at radius 1 is 1.41 bits per heavy atom. The lowest BCUT2D eigenvalue weighted by atomic mass is 9.96. The van der Waals surface area contributed by atoms with Crippen molar-refractivity contribution in [1.82, 2.24) is 20.4 Å². The zero-order valence-electron chi connectivity index (χ0n) is 14.2. The number of rotatable bonds is 4. The highest BCUT2D eigenvalue weighted by molar-refractivity contribution is 7.09. The number of carbonyl (C=O) groups is 2. The fourth-order valence-electron chi connectivity index (χ4n) is 2.13. The van der Waals surface area contributed by atoms with Crippen LogP contribution in [0.15, 0.2) is 29.8 Å². The summed E-state index contributed by atoms with van der Waals surface area (Å²) >= 11 is 1.67. The number of halogens is 3. The van der Waals surface area contributed by atoms with E-state index in [0.29, 0.717) is 12.4 Å². The van der Waals surface area contributed by atoms with Crippen LogP contribution in [0, 0.1) is 0 Å². The molecule has 1 saturated heterocycles. The number of carboxylic acid groups (broad SMARTS) is 1. The fourth-order valence-corrected chi connectivity index (χ4v) is 2.81. The van der Waals surface area contributed by atoms with Crippen LogP contribution in [-0.2, 0) is 11.3 Å². The molecule has 12 heteroatoms. The van der Waals surface area contributed by atoms with Crippen molar-refractivity contribution in [3.8, 4) is 0 Å². The van der Waals surface area contributed by atoms with Crippen molar-refractivity contribution < 1.29 is 27.9 Å². The number of hydrogen-bond acceptors (Lipinski definition) is 5. The SMILES string of the molecule is CC1(NC(=O)Nc2ccnn2Cc2cccs2)CNC1.O=C(O)C(F)(F)F. The molecule has 2 aromatic heterocycles. The van der Waals surface area contributed by atoms with Crippen LogP contribution in [0.1, 0.15) is 11.8 Å². The van der Waals surface area contributed by atoms with E-state index in [9.17, 15) is 18.0 Å². The molecule has 8 nitrogen and oxygen atoms in total. The van der Waals surface area contributed by atoms with Gasteiger partial charge in [0.25, 0.3) is 0 Å². The summed E-state index contributed by atoms with van der Waals surface area (Å²) in [6, 6.07) is 5.67. The molecule has 0 saturated carbocycles.